The molecule has 0 radical (unpaired) electrons. The molecule has 1 N–H and O–H groups in total. The molecule has 0 spiro atoms. The number of nitriles is 1. The third-order valence-corrected chi connectivity index (χ3v) is 3.94. The molecule has 0 aliphatic carbocycles. The van der Waals surface area contributed by atoms with Crippen LogP contribution in [0.4, 0.5) is 0 Å². The van der Waals surface area contributed by atoms with Crippen molar-refractivity contribution in [3.63, 3.8) is 0 Å². The Kier molecular flexibility index (Phi) is 5.97. The summed E-state index contributed by atoms with van der Waals surface area (Å²) in [5.41, 5.74) is 0.447. The second-order valence-electron chi connectivity index (χ2n) is 6.11. The molecule has 0 aromatic heterocycles. The van der Waals surface area contributed by atoms with Gasteiger partial charge in [0.05, 0.1) is 24.8 Å². The van der Waals surface area contributed by atoms with E-state index in [1.165, 1.54) is 0 Å². The lowest BCUT2D eigenvalue weighted by Gasteiger charge is -2.40. The van der Waals surface area contributed by atoms with Crippen LogP contribution in [-0.4, -0.2) is 55.8 Å². The van der Waals surface area contributed by atoms with Crippen LogP contribution >= 0.6 is 0 Å². The second kappa shape index (κ2) is 7.95. The van der Waals surface area contributed by atoms with Gasteiger partial charge >= 0.3 is 0 Å². The minimum Gasteiger partial charge on any atom is -0.484 e. The molecule has 23 heavy (non-hydrogen) atoms. The number of amides is 1. The number of nitrogens with one attached hydrogen (secondary N) is 1. The van der Waals surface area contributed by atoms with E-state index >= 15 is 0 Å². The van der Waals surface area contributed by atoms with Gasteiger partial charge in [0.25, 0.3) is 5.91 Å². The van der Waals surface area contributed by atoms with Gasteiger partial charge < -0.3 is 14.8 Å². The molecule has 2 rings (SSSR count). The van der Waals surface area contributed by atoms with E-state index in [2.05, 4.69) is 24.1 Å². The molecule has 1 aliphatic rings. The van der Waals surface area contributed by atoms with Crippen molar-refractivity contribution in [2.75, 3.05) is 39.5 Å². The van der Waals surface area contributed by atoms with Gasteiger partial charge in [0.2, 0.25) is 0 Å². The largest absolute Gasteiger partial charge is 0.484 e. The molecule has 124 valence electrons. The zero-order valence-electron chi connectivity index (χ0n) is 13.7. The molecular formula is C17H23N3O3. The summed E-state index contributed by atoms with van der Waals surface area (Å²) >= 11 is 0. The fraction of sp³-hybridized carbons (Fsp3) is 0.529. The maximum atomic E-state index is 11.9. The van der Waals surface area contributed by atoms with E-state index in [9.17, 15) is 4.79 Å². The van der Waals surface area contributed by atoms with E-state index < -0.39 is 0 Å². The lowest BCUT2D eigenvalue weighted by molar-refractivity contribution is -0.123. The van der Waals surface area contributed by atoms with Crippen LogP contribution in [0.25, 0.3) is 0 Å². The maximum Gasteiger partial charge on any atom is 0.258 e. The highest BCUT2D eigenvalue weighted by atomic mass is 16.5. The van der Waals surface area contributed by atoms with Crippen molar-refractivity contribution in [2.45, 2.75) is 19.4 Å². The van der Waals surface area contributed by atoms with Crippen molar-refractivity contribution < 1.29 is 14.3 Å². The molecule has 1 aromatic rings. The number of hydrogen-bond acceptors (Lipinski definition) is 5. The van der Waals surface area contributed by atoms with Gasteiger partial charge in [0.1, 0.15) is 5.75 Å². The van der Waals surface area contributed by atoms with Crippen LogP contribution in [0.2, 0.25) is 0 Å². The van der Waals surface area contributed by atoms with Crippen LogP contribution in [0.5, 0.6) is 5.75 Å². The Hall–Kier alpha value is -2.10. The number of carbonyl (C=O) groups excluding carboxylic acids is 1. The average molecular weight is 317 g/mol. The zero-order chi connectivity index (χ0) is 16.7. The zero-order valence-corrected chi connectivity index (χ0v) is 13.7. The Morgan fingerprint density at radius 1 is 1.35 bits per heavy atom. The van der Waals surface area contributed by atoms with E-state index in [1.807, 2.05) is 6.07 Å². The highest BCUT2D eigenvalue weighted by molar-refractivity contribution is 5.77. The van der Waals surface area contributed by atoms with Crippen molar-refractivity contribution in [3.05, 3.63) is 29.8 Å². The van der Waals surface area contributed by atoms with Crippen molar-refractivity contribution in [1.29, 1.82) is 5.26 Å². The maximum absolute atomic E-state index is 11.9. The minimum atomic E-state index is -0.157. The molecule has 1 aromatic carbocycles. The molecule has 0 atom stereocenters. The van der Waals surface area contributed by atoms with Crippen LogP contribution < -0.4 is 10.1 Å². The molecule has 1 heterocycles. The van der Waals surface area contributed by atoms with Gasteiger partial charge in [0, 0.05) is 25.2 Å². The Balaban J connectivity index is 1.74. The lowest BCUT2D eigenvalue weighted by atomic mass is 10.0. The standard InChI is InChI=1S/C17H23N3O3/c1-17(2,20-7-9-22-10-8-20)13-19-16(21)12-23-15-5-3-14(11-18)4-6-15/h3-6H,7-10,12-13H2,1-2H3,(H,19,21). The normalized spacial score (nSPS) is 15.7. The van der Waals surface area contributed by atoms with Crippen molar-refractivity contribution in [3.8, 4) is 11.8 Å². The first-order valence-corrected chi connectivity index (χ1v) is 7.74. The summed E-state index contributed by atoms with van der Waals surface area (Å²) in [6, 6.07) is 8.73. The van der Waals surface area contributed by atoms with E-state index in [0.717, 1.165) is 26.3 Å². The molecule has 1 saturated heterocycles. The predicted octanol–water partition coefficient (Wildman–Crippen LogP) is 1.16. The molecule has 1 amide bonds. The number of ether oxygens (including phenoxy) is 2. The fourth-order valence-electron chi connectivity index (χ4n) is 2.42. The van der Waals surface area contributed by atoms with E-state index in [-0.39, 0.29) is 18.1 Å². The van der Waals surface area contributed by atoms with Gasteiger partial charge in [-0.25, -0.2) is 0 Å². The van der Waals surface area contributed by atoms with Crippen LogP contribution in [0, 0.1) is 11.3 Å². The van der Waals surface area contributed by atoms with Crippen LogP contribution in [0.1, 0.15) is 19.4 Å². The first-order chi connectivity index (χ1) is 11.0. The number of nitrogens with zero attached hydrogens (tertiary/aromatic N) is 2. The molecule has 0 saturated carbocycles. The quantitative estimate of drug-likeness (QED) is 0.852. The second-order valence-corrected chi connectivity index (χ2v) is 6.11. The summed E-state index contributed by atoms with van der Waals surface area (Å²) in [6.45, 7) is 7.97. The smallest absolute Gasteiger partial charge is 0.258 e. The number of carbonyl (C=O) groups is 1. The van der Waals surface area contributed by atoms with Crippen molar-refractivity contribution in [2.24, 2.45) is 0 Å². The monoisotopic (exact) mass is 317 g/mol. The van der Waals surface area contributed by atoms with Crippen LogP contribution in [0.3, 0.4) is 0 Å². The topological polar surface area (TPSA) is 74.6 Å². The van der Waals surface area contributed by atoms with E-state index in [4.69, 9.17) is 14.7 Å². The first-order valence-electron chi connectivity index (χ1n) is 7.74. The third kappa shape index (κ3) is 5.23. The van der Waals surface area contributed by atoms with Crippen molar-refractivity contribution in [1.82, 2.24) is 10.2 Å². The fourth-order valence-corrected chi connectivity index (χ4v) is 2.42. The van der Waals surface area contributed by atoms with Crippen LogP contribution in [0.15, 0.2) is 24.3 Å². The SMILES string of the molecule is CC(C)(CNC(=O)COc1ccc(C#N)cc1)N1CCOCC1. The average Bonchev–Trinajstić information content (AvgIpc) is 2.59. The van der Waals surface area contributed by atoms with Gasteiger partial charge in [-0.2, -0.15) is 5.26 Å². The summed E-state index contributed by atoms with van der Waals surface area (Å²) in [6.07, 6.45) is 0. The highest BCUT2D eigenvalue weighted by Crippen LogP contribution is 2.15. The number of benzene rings is 1. The van der Waals surface area contributed by atoms with Gasteiger partial charge in [-0.3, -0.25) is 9.69 Å². The van der Waals surface area contributed by atoms with E-state index in [0.29, 0.717) is 17.9 Å². The van der Waals surface area contributed by atoms with Crippen molar-refractivity contribution >= 4 is 5.91 Å². The Morgan fingerprint density at radius 2 is 2.00 bits per heavy atom. The summed E-state index contributed by atoms with van der Waals surface area (Å²) in [5, 5.41) is 11.6. The Bertz CT molecular complexity index is 557. The van der Waals surface area contributed by atoms with Crippen LogP contribution in [-0.2, 0) is 9.53 Å². The minimum absolute atomic E-state index is 0.0366. The molecule has 1 fully saturated rings. The number of rotatable bonds is 6. The molecule has 1 aliphatic heterocycles. The molecular weight excluding hydrogens is 294 g/mol. The van der Waals surface area contributed by atoms with Gasteiger partial charge in [-0.15, -0.1) is 0 Å². The highest BCUT2D eigenvalue weighted by Gasteiger charge is 2.28. The summed E-state index contributed by atoms with van der Waals surface area (Å²) in [5.74, 6) is 0.419. The number of morpholine rings is 1. The van der Waals surface area contributed by atoms with Gasteiger partial charge in [0.15, 0.2) is 6.61 Å². The molecule has 6 heteroatoms. The molecule has 6 nitrogen and oxygen atoms in total. The summed E-state index contributed by atoms with van der Waals surface area (Å²) in [4.78, 5) is 14.3. The summed E-state index contributed by atoms with van der Waals surface area (Å²) in [7, 11) is 0. The number of hydrogen-bond donors (Lipinski definition) is 1. The van der Waals surface area contributed by atoms with E-state index in [1.54, 1.807) is 24.3 Å². The molecule has 0 bridgehead atoms. The van der Waals surface area contributed by atoms with Gasteiger partial charge in [-0.05, 0) is 38.1 Å². The lowest BCUT2D eigenvalue weighted by Crippen LogP contribution is -2.55. The predicted molar refractivity (Wildman–Crippen MR) is 86.1 cm³/mol. The first kappa shape index (κ1) is 17.3. The Morgan fingerprint density at radius 3 is 2.61 bits per heavy atom. The molecule has 0 unspecified atom stereocenters. The Labute approximate surface area is 137 Å². The van der Waals surface area contributed by atoms with Gasteiger partial charge in [-0.1, -0.05) is 0 Å². The third-order valence-electron chi connectivity index (χ3n) is 3.94. The summed E-state index contributed by atoms with van der Waals surface area (Å²) < 4.78 is 10.8.